The Labute approximate surface area is 128 Å². The van der Waals surface area contributed by atoms with Crippen LogP contribution < -0.4 is 15.4 Å². The third kappa shape index (κ3) is 4.71. The zero-order valence-electron chi connectivity index (χ0n) is 10.9. The summed E-state index contributed by atoms with van der Waals surface area (Å²) in [6.07, 6.45) is 3.06. The van der Waals surface area contributed by atoms with Crippen LogP contribution >= 0.6 is 23.2 Å². The molecule has 1 aromatic rings. The Bertz CT molecular complexity index is 518. The van der Waals surface area contributed by atoms with Crippen molar-refractivity contribution in [3.8, 4) is 5.75 Å². The Balaban J connectivity index is 1.75. The third-order valence-corrected chi connectivity index (χ3v) is 3.45. The second-order valence-corrected chi connectivity index (χ2v) is 5.30. The monoisotopic (exact) mass is 314 g/mol. The van der Waals surface area contributed by atoms with Crippen LogP contribution in [0.5, 0.6) is 5.75 Å². The van der Waals surface area contributed by atoms with Gasteiger partial charge < -0.3 is 15.4 Å². The molecule has 0 saturated heterocycles. The number of rotatable bonds is 5. The molecule has 1 heterocycles. The minimum Gasteiger partial charge on any atom is -0.482 e. The second-order valence-electron chi connectivity index (χ2n) is 4.46. The number of halogens is 2. The molecule has 0 unspecified atom stereocenters. The van der Waals surface area contributed by atoms with E-state index >= 15 is 0 Å². The lowest BCUT2D eigenvalue weighted by Gasteiger charge is -2.15. The van der Waals surface area contributed by atoms with Gasteiger partial charge in [-0.2, -0.15) is 0 Å². The highest BCUT2D eigenvalue weighted by molar-refractivity contribution is 6.35. The van der Waals surface area contributed by atoms with Crippen LogP contribution in [0.2, 0.25) is 10.0 Å². The van der Waals surface area contributed by atoms with Crippen LogP contribution in [0.15, 0.2) is 29.8 Å². The number of carbonyl (C=O) groups excluding carboxylic acids is 1. The van der Waals surface area contributed by atoms with Crippen molar-refractivity contribution in [1.82, 2.24) is 10.6 Å². The van der Waals surface area contributed by atoms with E-state index < -0.39 is 0 Å². The maximum Gasteiger partial charge on any atom is 0.258 e. The van der Waals surface area contributed by atoms with Crippen molar-refractivity contribution in [3.05, 3.63) is 39.9 Å². The Kier molecular flexibility index (Phi) is 5.71. The van der Waals surface area contributed by atoms with Crippen LogP contribution in [-0.2, 0) is 4.79 Å². The maximum atomic E-state index is 11.7. The maximum absolute atomic E-state index is 11.7. The minimum absolute atomic E-state index is 0.0626. The molecular formula is C14H16Cl2N2O2. The standard InChI is InChI=1S/C14H16Cl2N2O2/c15-11-1-2-13(12(16)7-11)20-9-14(19)18-8-10-3-5-17-6-4-10/h1-3,7,17H,4-6,8-9H2,(H,18,19). The van der Waals surface area contributed by atoms with Crippen LogP contribution in [0.25, 0.3) is 0 Å². The number of ether oxygens (including phenoxy) is 1. The molecule has 0 spiro atoms. The average molecular weight is 315 g/mol. The zero-order valence-corrected chi connectivity index (χ0v) is 12.4. The van der Waals surface area contributed by atoms with Crippen molar-refractivity contribution in [2.45, 2.75) is 6.42 Å². The predicted molar refractivity (Wildman–Crippen MR) is 80.5 cm³/mol. The van der Waals surface area contributed by atoms with Crippen molar-refractivity contribution < 1.29 is 9.53 Å². The lowest BCUT2D eigenvalue weighted by atomic mass is 10.1. The van der Waals surface area contributed by atoms with Crippen molar-refractivity contribution in [1.29, 1.82) is 0 Å². The molecule has 2 N–H and O–H groups in total. The molecule has 0 fully saturated rings. The molecule has 1 aromatic carbocycles. The van der Waals surface area contributed by atoms with Crippen LogP contribution in [0.3, 0.4) is 0 Å². The van der Waals surface area contributed by atoms with Gasteiger partial charge in [-0.1, -0.05) is 34.9 Å². The molecule has 2 rings (SSSR count). The van der Waals surface area contributed by atoms with Crippen molar-refractivity contribution in [2.24, 2.45) is 0 Å². The van der Waals surface area contributed by atoms with Gasteiger partial charge in [0.25, 0.3) is 5.91 Å². The average Bonchev–Trinajstić information content (AvgIpc) is 2.45. The molecule has 4 nitrogen and oxygen atoms in total. The summed E-state index contributed by atoms with van der Waals surface area (Å²) in [7, 11) is 0. The first-order valence-corrected chi connectivity index (χ1v) is 7.14. The first-order chi connectivity index (χ1) is 9.65. The lowest BCUT2D eigenvalue weighted by Crippen LogP contribution is -2.32. The number of amides is 1. The summed E-state index contributed by atoms with van der Waals surface area (Å²) in [5.41, 5.74) is 1.24. The lowest BCUT2D eigenvalue weighted by molar-refractivity contribution is -0.122. The van der Waals surface area contributed by atoms with Crippen molar-refractivity contribution in [3.63, 3.8) is 0 Å². The minimum atomic E-state index is -0.171. The van der Waals surface area contributed by atoms with Crippen molar-refractivity contribution >= 4 is 29.1 Å². The number of hydrogen-bond donors (Lipinski definition) is 2. The van der Waals surface area contributed by atoms with Crippen molar-refractivity contribution in [2.75, 3.05) is 26.2 Å². The van der Waals surface area contributed by atoms with Crippen LogP contribution in [-0.4, -0.2) is 32.1 Å². The van der Waals surface area contributed by atoms with E-state index in [1.165, 1.54) is 5.57 Å². The third-order valence-electron chi connectivity index (χ3n) is 2.92. The van der Waals surface area contributed by atoms with Gasteiger partial charge in [0, 0.05) is 18.1 Å². The summed E-state index contributed by atoms with van der Waals surface area (Å²) in [6, 6.07) is 4.89. The quantitative estimate of drug-likeness (QED) is 0.821. The summed E-state index contributed by atoms with van der Waals surface area (Å²) in [5, 5.41) is 6.97. The fourth-order valence-electron chi connectivity index (χ4n) is 1.83. The molecule has 20 heavy (non-hydrogen) atoms. The highest BCUT2D eigenvalue weighted by atomic mass is 35.5. The predicted octanol–water partition coefficient (Wildman–Crippen LogP) is 2.41. The molecule has 0 radical (unpaired) electrons. The molecule has 0 bridgehead atoms. The molecular weight excluding hydrogens is 299 g/mol. The highest BCUT2D eigenvalue weighted by Crippen LogP contribution is 2.27. The van der Waals surface area contributed by atoms with E-state index in [1.807, 2.05) is 0 Å². The van der Waals surface area contributed by atoms with Gasteiger partial charge >= 0.3 is 0 Å². The number of carbonyl (C=O) groups is 1. The molecule has 6 heteroatoms. The fourth-order valence-corrected chi connectivity index (χ4v) is 2.29. The Morgan fingerprint density at radius 1 is 1.40 bits per heavy atom. The number of nitrogens with one attached hydrogen (secondary N) is 2. The Morgan fingerprint density at radius 2 is 2.25 bits per heavy atom. The van der Waals surface area contributed by atoms with E-state index in [-0.39, 0.29) is 12.5 Å². The van der Waals surface area contributed by atoms with Gasteiger partial charge in [-0.15, -0.1) is 0 Å². The summed E-state index contributed by atoms with van der Waals surface area (Å²) in [6.45, 7) is 2.33. The van der Waals surface area contributed by atoms with Crippen LogP contribution in [0, 0.1) is 0 Å². The highest BCUT2D eigenvalue weighted by Gasteiger charge is 2.08. The first kappa shape index (κ1) is 15.2. The molecule has 0 aliphatic carbocycles. The van der Waals surface area contributed by atoms with Gasteiger partial charge in [0.05, 0.1) is 5.02 Å². The van der Waals surface area contributed by atoms with E-state index in [1.54, 1.807) is 18.2 Å². The van der Waals surface area contributed by atoms with Gasteiger partial charge in [-0.25, -0.2) is 0 Å². The summed E-state index contributed by atoms with van der Waals surface area (Å²) in [4.78, 5) is 11.7. The summed E-state index contributed by atoms with van der Waals surface area (Å²) in [5.74, 6) is 0.280. The zero-order chi connectivity index (χ0) is 14.4. The van der Waals surface area contributed by atoms with E-state index in [9.17, 15) is 4.79 Å². The van der Waals surface area contributed by atoms with Gasteiger partial charge in [0.2, 0.25) is 0 Å². The van der Waals surface area contributed by atoms with Gasteiger partial charge in [0.15, 0.2) is 6.61 Å². The SMILES string of the molecule is O=C(COc1ccc(Cl)cc1Cl)NCC1=CCNCC1. The fraction of sp³-hybridized carbons (Fsp3) is 0.357. The van der Waals surface area contributed by atoms with Gasteiger partial charge in [0.1, 0.15) is 5.75 Å². The Morgan fingerprint density at radius 3 is 2.95 bits per heavy atom. The van der Waals surface area contributed by atoms with E-state index in [2.05, 4.69) is 16.7 Å². The molecule has 1 aliphatic rings. The second kappa shape index (κ2) is 7.53. The van der Waals surface area contributed by atoms with Crippen LogP contribution in [0.4, 0.5) is 0 Å². The molecule has 1 amide bonds. The molecule has 108 valence electrons. The van der Waals surface area contributed by atoms with Crippen LogP contribution in [0.1, 0.15) is 6.42 Å². The topological polar surface area (TPSA) is 50.4 Å². The Hall–Kier alpha value is -1.23. The van der Waals surface area contributed by atoms with E-state index in [0.29, 0.717) is 22.3 Å². The summed E-state index contributed by atoms with van der Waals surface area (Å²) >= 11 is 11.7. The van der Waals surface area contributed by atoms with Gasteiger partial charge in [-0.05, 0) is 31.2 Å². The molecule has 1 aliphatic heterocycles. The molecule has 0 aromatic heterocycles. The normalized spacial score (nSPS) is 14.6. The smallest absolute Gasteiger partial charge is 0.258 e. The van der Waals surface area contributed by atoms with E-state index in [4.69, 9.17) is 27.9 Å². The molecule has 0 atom stereocenters. The first-order valence-electron chi connectivity index (χ1n) is 6.38. The molecule has 0 saturated carbocycles. The largest absolute Gasteiger partial charge is 0.482 e. The summed E-state index contributed by atoms with van der Waals surface area (Å²) < 4.78 is 5.36. The number of benzene rings is 1. The van der Waals surface area contributed by atoms with Gasteiger partial charge in [-0.3, -0.25) is 4.79 Å². The number of hydrogen-bond acceptors (Lipinski definition) is 3. The van der Waals surface area contributed by atoms with E-state index in [0.717, 1.165) is 19.5 Å².